The van der Waals surface area contributed by atoms with Crippen LogP contribution in [0, 0.1) is 0 Å². The molecule has 0 bridgehead atoms. The zero-order valence-corrected chi connectivity index (χ0v) is 16.4. The third-order valence-electron chi connectivity index (χ3n) is 4.40. The van der Waals surface area contributed by atoms with E-state index in [-0.39, 0.29) is 19.3 Å². The Morgan fingerprint density at radius 2 is 1.48 bits per heavy atom. The molecule has 0 rings (SSSR count). The fraction of sp³-hybridized carbons (Fsp3) is 0.905. The Morgan fingerprint density at radius 3 is 2.20 bits per heavy atom. The maximum Gasteiger partial charge on any atom is 0.100 e. The summed E-state index contributed by atoms with van der Waals surface area (Å²) in [5.41, 5.74) is 0. The molecule has 150 valence electrons. The van der Waals surface area contributed by atoms with Crippen molar-refractivity contribution in [3.63, 3.8) is 0 Å². The highest BCUT2D eigenvalue weighted by atomic mass is 16.5. The average molecular weight is 359 g/mol. The van der Waals surface area contributed by atoms with Gasteiger partial charge < -0.3 is 20.1 Å². The first-order valence-electron chi connectivity index (χ1n) is 10.4. The van der Waals surface area contributed by atoms with Crippen molar-refractivity contribution in [3.05, 3.63) is 12.2 Å². The summed E-state index contributed by atoms with van der Waals surface area (Å²) in [6.07, 6.45) is 18.4. The highest BCUT2D eigenvalue weighted by Crippen LogP contribution is 2.10. The molecular formula is C21H42O4. The molecule has 3 N–H and O–H groups in total. The molecule has 0 spiro atoms. The van der Waals surface area contributed by atoms with Crippen LogP contribution < -0.4 is 0 Å². The van der Waals surface area contributed by atoms with Gasteiger partial charge in [0, 0.05) is 6.61 Å². The van der Waals surface area contributed by atoms with Crippen molar-refractivity contribution in [2.24, 2.45) is 0 Å². The fourth-order valence-corrected chi connectivity index (χ4v) is 2.74. The van der Waals surface area contributed by atoms with Crippen LogP contribution in [0.1, 0.15) is 90.4 Å². The lowest BCUT2D eigenvalue weighted by atomic mass is 10.1. The third kappa shape index (κ3) is 19.7. The van der Waals surface area contributed by atoms with Gasteiger partial charge in [0.1, 0.15) is 6.10 Å². The third-order valence-corrected chi connectivity index (χ3v) is 4.40. The molecule has 2 atom stereocenters. The SMILES string of the molecule is CCCCCC[C@@H](O)CC=CCCCCCCCCOCC(O)CO. The molecule has 25 heavy (non-hydrogen) atoms. The van der Waals surface area contributed by atoms with Crippen LogP contribution >= 0.6 is 0 Å². The van der Waals surface area contributed by atoms with Crippen molar-refractivity contribution in [3.8, 4) is 0 Å². The van der Waals surface area contributed by atoms with Crippen molar-refractivity contribution in [2.75, 3.05) is 19.8 Å². The number of aliphatic hydroxyl groups excluding tert-OH is 3. The normalized spacial score (nSPS) is 14.2. The molecule has 0 heterocycles. The van der Waals surface area contributed by atoms with E-state index >= 15 is 0 Å². The van der Waals surface area contributed by atoms with Gasteiger partial charge in [-0.3, -0.25) is 0 Å². The van der Waals surface area contributed by atoms with Gasteiger partial charge in [0.15, 0.2) is 0 Å². The van der Waals surface area contributed by atoms with Crippen molar-refractivity contribution in [1.29, 1.82) is 0 Å². The predicted octanol–water partition coefficient (Wildman–Crippen LogP) is 4.36. The second-order valence-corrected chi connectivity index (χ2v) is 7.03. The quantitative estimate of drug-likeness (QED) is 0.237. The first-order valence-corrected chi connectivity index (χ1v) is 10.4. The van der Waals surface area contributed by atoms with Crippen molar-refractivity contribution < 1.29 is 20.1 Å². The summed E-state index contributed by atoms with van der Waals surface area (Å²) in [5.74, 6) is 0. The van der Waals surface area contributed by atoms with Gasteiger partial charge in [-0.25, -0.2) is 0 Å². The van der Waals surface area contributed by atoms with E-state index in [0.717, 1.165) is 38.5 Å². The van der Waals surface area contributed by atoms with Gasteiger partial charge in [0.2, 0.25) is 0 Å². The molecule has 1 unspecified atom stereocenters. The second-order valence-electron chi connectivity index (χ2n) is 7.03. The fourth-order valence-electron chi connectivity index (χ4n) is 2.74. The lowest BCUT2D eigenvalue weighted by molar-refractivity contribution is 0.00526. The Kier molecular flexibility index (Phi) is 19.6. The van der Waals surface area contributed by atoms with Crippen LogP contribution in [0.5, 0.6) is 0 Å². The molecule has 4 nitrogen and oxygen atoms in total. The Hall–Kier alpha value is -0.420. The molecule has 0 fully saturated rings. The molecule has 4 heteroatoms. The second kappa shape index (κ2) is 19.9. The summed E-state index contributed by atoms with van der Waals surface area (Å²) < 4.78 is 5.27. The van der Waals surface area contributed by atoms with Crippen LogP contribution in [0.25, 0.3) is 0 Å². The molecule has 0 radical (unpaired) electrons. The maximum absolute atomic E-state index is 9.87. The Balaban J connectivity index is 3.22. The molecule has 0 saturated carbocycles. The van der Waals surface area contributed by atoms with Crippen molar-refractivity contribution in [2.45, 2.75) is 103 Å². The molecule has 0 aliphatic carbocycles. The molecule has 0 aromatic carbocycles. The van der Waals surface area contributed by atoms with Gasteiger partial charge >= 0.3 is 0 Å². The van der Waals surface area contributed by atoms with Gasteiger partial charge in [-0.1, -0.05) is 70.4 Å². The number of ether oxygens (including phenoxy) is 1. The van der Waals surface area contributed by atoms with E-state index in [4.69, 9.17) is 14.9 Å². The zero-order chi connectivity index (χ0) is 18.6. The lowest BCUT2D eigenvalue weighted by Gasteiger charge is -2.08. The summed E-state index contributed by atoms with van der Waals surface area (Å²) in [6, 6.07) is 0. The van der Waals surface area contributed by atoms with Crippen LogP contribution in [0.3, 0.4) is 0 Å². The zero-order valence-electron chi connectivity index (χ0n) is 16.4. The summed E-state index contributed by atoms with van der Waals surface area (Å²) >= 11 is 0. The minimum absolute atomic E-state index is 0.159. The number of aliphatic hydroxyl groups is 3. The van der Waals surface area contributed by atoms with E-state index in [9.17, 15) is 5.11 Å². The van der Waals surface area contributed by atoms with E-state index in [1.807, 2.05) is 0 Å². The molecule has 0 aliphatic rings. The highest BCUT2D eigenvalue weighted by molar-refractivity contribution is 4.84. The summed E-state index contributed by atoms with van der Waals surface area (Å²) in [4.78, 5) is 0. The van der Waals surface area contributed by atoms with Gasteiger partial charge in [-0.15, -0.1) is 0 Å². The lowest BCUT2D eigenvalue weighted by Crippen LogP contribution is -2.19. The van der Waals surface area contributed by atoms with Gasteiger partial charge in [-0.05, 0) is 32.1 Å². The Bertz CT molecular complexity index is 281. The van der Waals surface area contributed by atoms with Gasteiger partial charge in [-0.2, -0.15) is 0 Å². The van der Waals surface area contributed by atoms with Crippen LogP contribution in [0.4, 0.5) is 0 Å². The molecule has 0 saturated heterocycles. The number of rotatable bonds is 19. The summed E-state index contributed by atoms with van der Waals surface area (Å²) in [6.45, 7) is 2.88. The predicted molar refractivity (Wildman–Crippen MR) is 105 cm³/mol. The minimum atomic E-state index is -0.741. The van der Waals surface area contributed by atoms with Crippen molar-refractivity contribution >= 4 is 0 Å². The van der Waals surface area contributed by atoms with Crippen molar-refractivity contribution in [1.82, 2.24) is 0 Å². The number of allylic oxidation sites excluding steroid dienone is 1. The van der Waals surface area contributed by atoms with Crippen LogP contribution in [0.2, 0.25) is 0 Å². The smallest absolute Gasteiger partial charge is 0.100 e. The van der Waals surface area contributed by atoms with E-state index in [1.54, 1.807) is 0 Å². The first kappa shape index (κ1) is 24.6. The minimum Gasteiger partial charge on any atom is -0.394 e. The average Bonchev–Trinajstić information content (AvgIpc) is 2.62. The number of hydrogen-bond acceptors (Lipinski definition) is 4. The first-order chi connectivity index (χ1) is 12.2. The Labute approximate surface area is 155 Å². The number of unbranched alkanes of at least 4 members (excludes halogenated alkanes) is 9. The van der Waals surface area contributed by atoms with Crippen LogP contribution in [0.15, 0.2) is 12.2 Å². The summed E-state index contributed by atoms with van der Waals surface area (Å²) in [7, 11) is 0. The molecule has 0 aromatic rings. The molecule has 0 aliphatic heterocycles. The van der Waals surface area contributed by atoms with Crippen LogP contribution in [-0.4, -0.2) is 47.3 Å². The van der Waals surface area contributed by atoms with E-state index < -0.39 is 6.10 Å². The van der Waals surface area contributed by atoms with Gasteiger partial charge in [0.25, 0.3) is 0 Å². The van der Waals surface area contributed by atoms with Crippen LogP contribution in [-0.2, 0) is 4.74 Å². The molecule has 0 aromatic heterocycles. The molecular weight excluding hydrogens is 316 g/mol. The Morgan fingerprint density at radius 1 is 0.800 bits per heavy atom. The monoisotopic (exact) mass is 358 g/mol. The highest BCUT2D eigenvalue weighted by Gasteiger charge is 2.01. The maximum atomic E-state index is 9.87. The van der Waals surface area contributed by atoms with E-state index in [0.29, 0.717) is 6.61 Å². The number of hydrogen-bond donors (Lipinski definition) is 3. The largest absolute Gasteiger partial charge is 0.394 e. The van der Waals surface area contributed by atoms with Gasteiger partial charge in [0.05, 0.1) is 19.3 Å². The molecule has 0 amide bonds. The topological polar surface area (TPSA) is 69.9 Å². The van der Waals surface area contributed by atoms with E-state index in [2.05, 4.69) is 19.1 Å². The van der Waals surface area contributed by atoms with E-state index in [1.165, 1.54) is 44.9 Å². The summed E-state index contributed by atoms with van der Waals surface area (Å²) in [5, 5.41) is 27.6. The standard InChI is InChI=1S/C21H42O4/c1-2-3-4-12-15-20(23)16-13-10-8-6-5-7-9-11-14-17-25-19-21(24)18-22/h10,13,20-24H,2-9,11-12,14-19H2,1H3/t20-,21?/m1/s1.